The van der Waals surface area contributed by atoms with Gasteiger partial charge in [-0.15, -0.1) is 16.9 Å². The van der Waals surface area contributed by atoms with Gasteiger partial charge in [0.15, 0.2) is 0 Å². The molecule has 0 N–H and O–H groups in total. The molecule has 0 aliphatic rings. The van der Waals surface area contributed by atoms with Crippen LogP contribution in [0.5, 0.6) is 0 Å². The molecule has 18 heavy (non-hydrogen) atoms. The molecule has 0 radical (unpaired) electrons. The summed E-state index contributed by atoms with van der Waals surface area (Å²) in [5, 5.41) is 10.8. The number of fused-ring (bicyclic) bond motifs is 1. The topological polar surface area (TPSA) is 30.7 Å². The van der Waals surface area contributed by atoms with E-state index in [1.165, 1.54) is 10.8 Å². The van der Waals surface area contributed by atoms with Crippen LogP contribution in [0.3, 0.4) is 0 Å². The van der Waals surface area contributed by atoms with E-state index in [1.54, 1.807) is 11.8 Å². The van der Waals surface area contributed by atoms with E-state index in [9.17, 15) is 0 Å². The molecule has 0 spiro atoms. The van der Waals surface area contributed by atoms with E-state index in [2.05, 4.69) is 59.0 Å². The Bertz CT molecular complexity index is 675. The van der Waals surface area contributed by atoms with Crippen molar-refractivity contribution in [1.82, 2.24) is 15.0 Å². The highest BCUT2D eigenvalue weighted by molar-refractivity contribution is 7.97. The van der Waals surface area contributed by atoms with Crippen molar-refractivity contribution < 1.29 is 0 Å². The molecule has 0 aliphatic heterocycles. The average Bonchev–Trinajstić information content (AvgIpc) is 2.87. The van der Waals surface area contributed by atoms with E-state index in [0.717, 1.165) is 17.1 Å². The quantitative estimate of drug-likeness (QED) is 0.718. The van der Waals surface area contributed by atoms with Gasteiger partial charge >= 0.3 is 0 Å². The van der Waals surface area contributed by atoms with Gasteiger partial charge in [0, 0.05) is 5.56 Å². The second kappa shape index (κ2) is 4.82. The third-order valence-corrected chi connectivity index (χ3v) is 3.37. The summed E-state index contributed by atoms with van der Waals surface area (Å²) in [7, 11) is 0. The van der Waals surface area contributed by atoms with Gasteiger partial charge in [-0.2, -0.15) is 0 Å². The Balaban J connectivity index is 2.02. The number of nitrogens with zero attached hydrogens (tertiary/aromatic N) is 3. The number of aromatic nitrogens is 3. The molecule has 3 aromatic rings. The fourth-order valence-electron chi connectivity index (χ4n) is 1.97. The zero-order valence-electron chi connectivity index (χ0n) is 10.1. The molecule has 3 nitrogen and oxygen atoms in total. The summed E-state index contributed by atoms with van der Waals surface area (Å²) < 4.78 is 1.86. The van der Waals surface area contributed by atoms with E-state index in [4.69, 9.17) is 0 Å². The molecule has 0 saturated carbocycles. The maximum absolute atomic E-state index is 4.21. The zero-order valence-corrected chi connectivity index (χ0v) is 10.9. The largest absolute Gasteiger partial charge is 0.242 e. The van der Waals surface area contributed by atoms with Crippen LogP contribution in [0.25, 0.3) is 22.0 Å². The number of thioether (sulfide) groups is 1. The Morgan fingerprint density at radius 3 is 2.78 bits per heavy atom. The normalized spacial score (nSPS) is 10.9. The summed E-state index contributed by atoms with van der Waals surface area (Å²) in [6, 6.07) is 14.7. The van der Waals surface area contributed by atoms with Crippen molar-refractivity contribution in [3.05, 3.63) is 48.7 Å². The molecule has 2 aromatic carbocycles. The molecule has 0 unspecified atom stereocenters. The number of benzene rings is 2. The van der Waals surface area contributed by atoms with Gasteiger partial charge < -0.3 is 0 Å². The molecule has 4 heteroatoms. The minimum atomic E-state index is 0.834. The molecule has 0 saturated heterocycles. The smallest absolute Gasteiger partial charge is 0.113 e. The zero-order chi connectivity index (χ0) is 12.4. The van der Waals surface area contributed by atoms with Gasteiger partial charge in [0.1, 0.15) is 5.69 Å². The van der Waals surface area contributed by atoms with Crippen LogP contribution in [0.1, 0.15) is 0 Å². The minimum Gasteiger partial charge on any atom is -0.242 e. The summed E-state index contributed by atoms with van der Waals surface area (Å²) in [5.74, 6) is 0.834. The van der Waals surface area contributed by atoms with Crippen molar-refractivity contribution in [1.29, 1.82) is 0 Å². The molecule has 0 aliphatic carbocycles. The standard InChI is InChI=1S/C14H13N3S/c1-18-10-17-9-14(15-16-17)13-7-6-11-4-2-3-5-12(11)8-13/h2-9H,10H2,1H3. The lowest BCUT2D eigenvalue weighted by atomic mass is 10.1. The average molecular weight is 255 g/mol. The van der Waals surface area contributed by atoms with Crippen LogP contribution >= 0.6 is 11.8 Å². The fourth-order valence-corrected chi connectivity index (χ4v) is 2.37. The molecule has 1 aromatic heterocycles. The number of hydrogen-bond donors (Lipinski definition) is 0. The Labute approximate surface area is 110 Å². The molecule has 3 rings (SSSR count). The summed E-state index contributed by atoms with van der Waals surface area (Å²) in [6.07, 6.45) is 4.04. The second-order valence-corrected chi connectivity index (χ2v) is 4.96. The molecule has 0 atom stereocenters. The Morgan fingerprint density at radius 1 is 1.11 bits per heavy atom. The van der Waals surface area contributed by atoms with E-state index in [0.29, 0.717) is 0 Å². The Morgan fingerprint density at radius 2 is 1.94 bits per heavy atom. The lowest BCUT2D eigenvalue weighted by Crippen LogP contribution is -1.93. The van der Waals surface area contributed by atoms with Gasteiger partial charge in [-0.1, -0.05) is 41.6 Å². The first-order chi connectivity index (χ1) is 8.86. The van der Waals surface area contributed by atoms with Gasteiger partial charge in [-0.3, -0.25) is 0 Å². The molecular formula is C14H13N3S. The van der Waals surface area contributed by atoms with Crippen LogP contribution in [0, 0.1) is 0 Å². The van der Waals surface area contributed by atoms with Crippen LogP contribution in [0.15, 0.2) is 48.7 Å². The Kier molecular flexibility index (Phi) is 3.02. The monoisotopic (exact) mass is 255 g/mol. The SMILES string of the molecule is CSCn1cc(-c2ccc3ccccc3c2)nn1. The lowest BCUT2D eigenvalue weighted by Gasteiger charge is -2.00. The first kappa shape index (κ1) is 11.3. The third kappa shape index (κ3) is 2.11. The first-order valence-electron chi connectivity index (χ1n) is 5.75. The Hall–Kier alpha value is -1.81. The van der Waals surface area contributed by atoms with Crippen LogP contribution < -0.4 is 0 Å². The lowest BCUT2D eigenvalue weighted by molar-refractivity contribution is 0.702. The van der Waals surface area contributed by atoms with Crippen LogP contribution in [0.4, 0.5) is 0 Å². The highest BCUT2D eigenvalue weighted by Gasteiger charge is 2.04. The van der Waals surface area contributed by atoms with Crippen molar-refractivity contribution in [3.63, 3.8) is 0 Å². The van der Waals surface area contributed by atoms with Gasteiger partial charge in [-0.05, 0) is 23.1 Å². The minimum absolute atomic E-state index is 0.834. The predicted octanol–water partition coefficient (Wildman–Crippen LogP) is 3.42. The maximum atomic E-state index is 4.21. The van der Waals surface area contributed by atoms with Crippen molar-refractivity contribution >= 4 is 22.5 Å². The van der Waals surface area contributed by atoms with Gasteiger partial charge in [0.05, 0.1) is 12.1 Å². The fraction of sp³-hybridized carbons (Fsp3) is 0.143. The highest BCUT2D eigenvalue weighted by Crippen LogP contribution is 2.22. The summed E-state index contributed by atoms with van der Waals surface area (Å²) in [5.41, 5.74) is 2.04. The van der Waals surface area contributed by atoms with Gasteiger partial charge in [-0.25, -0.2) is 4.68 Å². The number of hydrogen-bond acceptors (Lipinski definition) is 3. The second-order valence-electron chi connectivity index (χ2n) is 4.12. The number of rotatable bonds is 3. The maximum Gasteiger partial charge on any atom is 0.113 e. The molecule has 0 fully saturated rings. The third-order valence-electron chi connectivity index (χ3n) is 2.85. The van der Waals surface area contributed by atoms with E-state index in [-0.39, 0.29) is 0 Å². The van der Waals surface area contributed by atoms with Crippen LogP contribution in [-0.2, 0) is 5.88 Å². The molecule has 1 heterocycles. The summed E-state index contributed by atoms with van der Waals surface area (Å²) >= 11 is 1.73. The molecular weight excluding hydrogens is 242 g/mol. The highest BCUT2D eigenvalue weighted by atomic mass is 32.2. The van der Waals surface area contributed by atoms with Crippen molar-refractivity contribution in [2.75, 3.05) is 6.26 Å². The molecule has 0 bridgehead atoms. The van der Waals surface area contributed by atoms with E-state index >= 15 is 0 Å². The first-order valence-corrected chi connectivity index (χ1v) is 7.14. The van der Waals surface area contributed by atoms with Crippen molar-refractivity contribution in [3.8, 4) is 11.3 Å². The van der Waals surface area contributed by atoms with E-state index in [1.807, 2.05) is 10.9 Å². The summed E-state index contributed by atoms with van der Waals surface area (Å²) in [6.45, 7) is 0. The predicted molar refractivity (Wildman–Crippen MR) is 76.5 cm³/mol. The molecule has 0 amide bonds. The van der Waals surface area contributed by atoms with Crippen molar-refractivity contribution in [2.45, 2.75) is 5.88 Å². The molecule has 90 valence electrons. The van der Waals surface area contributed by atoms with Gasteiger partial charge in [0.25, 0.3) is 0 Å². The van der Waals surface area contributed by atoms with Crippen LogP contribution in [-0.4, -0.2) is 21.2 Å². The van der Waals surface area contributed by atoms with Crippen LogP contribution in [0.2, 0.25) is 0 Å². The van der Waals surface area contributed by atoms with Gasteiger partial charge in [0.2, 0.25) is 0 Å². The summed E-state index contributed by atoms with van der Waals surface area (Å²) in [4.78, 5) is 0. The van der Waals surface area contributed by atoms with Crippen molar-refractivity contribution in [2.24, 2.45) is 0 Å². The van der Waals surface area contributed by atoms with E-state index < -0.39 is 0 Å².